The van der Waals surface area contributed by atoms with Gasteiger partial charge >= 0.3 is 0 Å². The summed E-state index contributed by atoms with van der Waals surface area (Å²) in [4.78, 5) is 12.7. The molecule has 0 radical (unpaired) electrons. The number of imidazole rings is 1. The second-order valence-corrected chi connectivity index (χ2v) is 14.1. The topological polar surface area (TPSA) is 153 Å². The lowest BCUT2D eigenvalue weighted by Crippen LogP contribution is -2.35. The van der Waals surface area contributed by atoms with E-state index in [0.29, 0.717) is 47.8 Å². The Hall–Kier alpha value is -2.96. The predicted octanol–water partition coefficient (Wildman–Crippen LogP) is 3.39. The van der Waals surface area contributed by atoms with E-state index >= 15 is 0 Å². The van der Waals surface area contributed by atoms with Crippen LogP contribution in [0.25, 0.3) is 22.1 Å². The van der Waals surface area contributed by atoms with E-state index in [-0.39, 0.29) is 39.6 Å². The number of anilines is 1. The number of aryl methyl sites for hydroxylation is 1. The smallest absolute Gasteiger partial charge is 0.269 e. The minimum Gasteiger partial charge on any atom is -0.369 e. The summed E-state index contributed by atoms with van der Waals surface area (Å²) in [5.74, 6) is 0.299. The quantitative estimate of drug-likeness (QED) is 0.323. The Morgan fingerprint density at radius 2 is 1.81 bits per heavy atom. The van der Waals surface area contributed by atoms with Crippen molar-refractivity contribution in [3.63, 3.8) is 0 Å². The molecule has 6 rings (SSSR count). The molecule has 0 aliphatic heterocycles. The fourth-order valence-electron chi connectivity index (χ4n) is 5.64. The Balaban J connectivity index is 1.47. The van der Waals surface area contributed by atoms with Crippen molar-refractivity contribution in [3.8, 4) is 0 Å². The monoisotopic (exact) mass is 542 g/mol. The third-order valence-corrected chi connectivity index (χ3v) is 11.4. The van der Waals surface area contributed by atoms with Gasteiger partial charge in [0.15, 0.2) is 11.6 Å². The molecule has 2 aliphatic rings. The normalized spacial score (nSPS) is 22.8. The molecule has 0 amide bonds. The third kappa shape index (κ3) is 4.11. The van der Waals surface area contributed by atoms with Crippen LogP contribution < -0.4 is 10.5 Å². The minimum absolute atomic E-state index is 0.0888. The lowest BCUT2D eigenvalue weighted by atomic mass is 9.89. The molecule has 12 heteroatoms. The average Bonchev–Trinajstić information content (AvgIpc) is 3.34. The number of hydrogen-bond donors (Lipinski definition) is 3. The fraction of sp³-hybridized carbons (Fsp3) is 0.440. The van der Waals surface area contributed by atoms with Gasteiger partial charge in [0.1, 0.15) is 5.52 Å². The Kier molecular flexibility index (Phi) is 5.62. The van der Waals surface area contributed by atoms with Gasteiger partial charge in [-0.2, -0.15) is 0 Å². The Morgan fingerprint density at radius 1 is 1.08 bits per heavy atom. The van der Waals surface area contributed by atoms with Gasteiger partial charge in [0.2, 0.25) is 10.0 Å². The molecular weight excluding hydrogens is 512 g/mol. The number of H-pyrrole nitrogens is 1. The molecule has 0 spiro atoms. The number of sulfonamides is 1. The SMILES string of the molecule is CC[C@@H]1C[C@H](NS(=O)(=O)C2CC2)C[C@@H]1c1nc2c(ccn2S(=O)(=O)c2ccc(C)cc2)c2nc(N)[nH]c12. The maximum Gasteiger partial charge on any atom is 0.269 e. The van der Waals surface area contributed by atoms with Crippen LogP contribution in [0.15, 0.2) is 41.4 Å². The number of nitrogens with two attached hydrogens (primary N) is 1. The maximum atomic E-state index is 13.6. The van der Waals surface area contributed by atoms with Crippen molar-refractivity contribution >= 4 is 48.1 Å². The first-order chi connectivity index (χ1) is 17.6. The zero-order valence-corrected chi connectivity index (χ0v) is 22.3. The maximum absolute atomic E-state index is 13.6. The highest BCUT2D eigenvalue weighted by Gasteiger charge is 2.42. The van der Waals surface area contributed by atoms with Gasteiger partial charge in [0.25, 0.3) is 10.0 Å². The lowest BCUT2D eigenvalue weighted by Gasteiger charge is -2.18. The van der Waals surface area contributed by atoms with E-state index < -0.39 is 20.0 Å². The first kappa shape index (κ1) is 24.4. The Labute approximate surface area is 215 Å². The van der Waals surface area contributed by atoms with Crippen LogP contribution in [-0.4, -0.2) is 47.1 Å². The van der Waals surface area contributed by atoms with Crippen molar-refractivity contribution in [3.05, 3.63) is 47.8 Å². The second-order valence-electron chi connectivity index (χ2n) is 10.3. The van der Waals surface area contributed by atoms with Crippen molar-refractivity contribution in [2.45, 2.75) is 68.1 Å². The van der Waals surface area contributed by atoms with Gasteiger partial charge in [-0.25, -0.2) is 35.5 Å². The molecule has 3 atom stereocenters. The largest absolute Gasteiger partial charge is 0.369 e. The zero-order chi connectivity index (χ0) is 26.1. The molecule has 2 fully saturated rings. The number of benzene rings is 1. The van der Waals surface area contributed by atoms with Crippen molar-refractivity contribution in [1.29, 1.82) is 0 Å². The number of hydrogen-bond acceptors (Lipinski definition) is 7. The van der Waals surface area contributed by atoms with E-state index in [1.54, 1.807) is 30.3 Å². The molecule has 3 heterocycles. The van der Waals surface area contributed by atoms with Crippen molar-refractivity contribution < 1.29 is 16.8 Å². The average molecular weight is 543 g/mol. The highest BCUT2D eigenvalue weighted by molar-refractivity contribution is 7.90. The van der Waals surface area contributed by atoms with Gasteiger partial charge < -0.3 is 10.7 Å². The number of aromatic amines is 1. The van der Waals surface area contributed by atoms with E-state index in [4.69, 9.17) is 10.7 Å². The van der Waals surface area contributed by atoms with Crippen LogP contribution in [0.5, 0.6) is 0 Å². The summed E-state index contributed by atoms with van der Waals surface area (Å²) in [6.07, 6.45) is 5.02. The Bertz CT molecular complexity index is 1720. The van der Waals surface area contributed by atoms with Crippen molar-refractivity contribution in [1.82, 2.24) is 23.6 Å². The number of pyridine rings is 1. The van der Waals surface area contributed by atoms with Gasteiger partial charge in [-0.15, -0.1) is 0 Å². The molecule has 4 N–H and O–H groups in total. The molecule has 2 saturated carbocycles. The lowest BCUT2D eigenvalue weighted by molar-refractivity contribution is 0.460. The van der Waals surface area contributed by atoms with Crippen LogP contribution in [0.2, 0.25) is 0 Å². The van der Waals surface area contributed by atoms with E-state index in [1.807, 2.05) is 6.92 Å². The molecule has 0 saturated heterocycles. The molecule has 2 aliphatic carbocycles. The predicted molar refractivity (Wildman–Crippen MR) is 142 cm³/mol. The molecule has 10 nitrogen and oxygen atoms in total. The molecule has 196 valence electrons. The number of aromatic nitrogens is 4. The summed E-state index contributed by atoms with van der Waals surface area (Å²) in [6, 6.07) is 8.19. The summed E-state index contributed by atoms with van der Waals surface area (Å²) in [5, 5.41) is 0.301. The molecule has 1 aromatic carbocycles. The molecule has 3 aromatic heterocycles. The summed E-state index contributed by atoms with van der Waals surface area (Å²) in [7, 11) is -7.23. The highest BCUT2D eigenvalue weighted by atomic mass is 32.2. The molecule has 0 unspecified atom stereocenters. The summed E-state index contributed by atoms with van der Waals surface area (Å²) >= 11 is 0. The number of nitrogens with zero attached hydrogens (tertiary/aromatic N) is 3. The molecule has 4 aromatic rings. The van der Waals surface area contributed by atoms with Crippen molar-refractivity contribution in [2.24, 2.45) is 5.92 Å². The van der Waals surface area contributed by atoms with E-state index in [0.717, 1.165) is 12.0 Å². The standard InChI is InChI=1S/C25H30N6O4S2/c1-3-15-12-16(30-36(32,33)17-8-9-17)13-20(15)22-23-21(28-25(26)29-23)19-10-11-31(24(19)27-22)37(34,35)18-6-4-14(2)5-7-18/h4-7,10-11,15-17,20,30H,3,8-9,12-13H2,1-2H3,(H3,26,28,29)/t15-,16+,20+/m1/s1. The number of fused-ring (bicyclic) bond motifs is 3. The van der Waals surface area contributed by atoms with E-state index in [9.17, 15) is 16.8 Å². The van der Waals surface area contributed by atoms with Crippen LogP contribution in [0.3, 0.4) is 0 Å². The summed E-state index contributed by atoms with van der Waals surface area (Å²) in [5.41, 5.74) is 9.20. The molecule has 37 heavy (non-hydrogen) atoms. The van der Waals surface area contributed by atoms with Crippen LogP contribution in [0, 0.1) is 12.8 Å². The van der Waals surface area contributed by atoms with Gasteiger partial charge in [0, 0.05) is 23.5 Å². The van der Waals surface area contributed by atoms with Crippen molar-refractivity contribution in [2.75, 3.05) is 5.73 Å². The van der Waals surface area contributed by atoms with Crippen LogP contribution in [0.1, 0.15) is 56.2 Å². The van der Waals surface area contributed by atoms with E-state index in [2.05, 4.69) is 21.6 Å². The second kappa shape index (κ2) is 8.53. The first-order valence-electron chi connectivity index (χ1n) is 12.6. The summed E-state index contributed by atoms with van der Waals surface area (Å²) in [6.45, 7) is 3.98. The highest BCUT2D eigenvalue weighted by Crippen LogP contribution is 2.45. The number of nitrogens with one attached hydrogen (secondary N) is 2. The van der Waals surface area contributed by atoms with Gasteiger partial charge in [-0.3, -0.25) is 0 Å². The Morgan fingerprint density at radius 3 is 2.49 bits per heavy atom. The summed E-state index contributed by atoms with van der Waals surface area (Å²) < 4.78 is 56.5. The minimum atomic E-state index is -3.90. The van der Waals surface area contributed by atoms with Crippen LogP contribution in [0.4, 0.5) is 5.95 Å². The first-order valence-corrected chi connectivity index (χ1v) is 15.6. The molecular formula is C25H30N6O4S2. The zero-order valence-electron chi connectivity index (χ0n) is 20.7. The molecule has 0 bridgehead atoms. The van der Waals surface area contributed by atoms with Gasteiger partial charge in [-0.05, 0) is 56.7 Å². The fourth-order valence-corrected chi connectivity index (χ4v) is 8.54. The van der Waals surface area contributed by atoms with Gasteiger partial charge in [-0.1, -0.05) is 31.0 Å². The van der Waals surface area contributed by atoms with Crippen LogP contribution in [-0.2, 0) is 20.0 Å². The third-order valence-electron chi connectivity index (χ3n) is 7.73. The van der Waals surface area contributed by atoms with Gasteiger partial charge in [0.05, 0.1) is 21.4 Å². The number of nitrogen functional groups attached to an aromatic ring is 1. The van der Waals surface area contributed by atoms with E-state index in [1.165, 1.54) is 10.2 Å². The number of rotatable bonds is 7. The van der Waals surface area contributed by atoms with Crippen LogP contribution >= 0.6 is 0 Å².